The third-order valence-corrected chi connectivity index (χ3v) is 2.70. The first-order valence-electron chi connectivity index (χ1n) is 4.72. The third-order valence-electron chi connectivity index (χ3n) is 2.07. The summed E-state index contributed by atoms with van der Waals surface area (Å²) in [6.07, 6.45) is 0.705. The number of rotatable bonds is 5. The molecular weight excluding hydrogens is 279 g/mol. The quantitative estimate of drug-likeness (QED) is 0.783. The summed E-state index contributed by atoms with van der Waals surface area (Å²) in [7, 11) is 1.34. The number of carbonyl (C=O) groups excluding carboxylic acids is 1. The third kappa shape index (κ3) is 3.48. The summed E-state index contributed by atoms with van der Waals surface area (Å²) in [5.41, 5.74) is 0.775. The first-order chi connectivity index (χ1) is 7.69. The van der Waals surface area contributed by atoms with E-state index < -0.39 is 6.86 Å². The van der Waals surface area contributed by atoms with Crippen LogP contribution in [0.3, 0.4) is 0 Å². The highest BCUT2D eigenvalue weighted by molar-refractivity contribution is 9.10. The minimum atomic E-state index is -0.895. The molecular formula is C11H12BrFO3. The monoisotopic (exact) mass is 290 g/mol. The predicted octanol–water partition coefficient (Wildman–Crippen LogP) is 2.86. The highest BCUT2D eigenvalue weighted by Gasteiger charge is 2.10. The summed E-state index contributed by atoms with van der Waals surface area (Å²) in [5.74, 6) is 0.139. The first kappa shape index (κ1) is 13.0. The first-order valence-corrected chi connectivity index (χ1v) is 5.51. The number of ether oxygens (including phenoxy) is 2. The van der Waals surface area contributed by atoms with Crippen molar-refractivity contribution in [1.82, 2.24) is 0 Å². The van der Waals surface area contributed by atoms with Crippen LogP contribution in [0.2, 0.25) is 0 Å². The second-order valence-corrected chi connectivity index (χ2v) is 3.91. The molecule has 1 aromatic carbocycles. The Morgan fingerprint density at radius 2 is 2.25 bits per heavy atom. The molecule has 0 saturated carbocycles. The van der Waals surface area contributed by atoms with Gasteiger partial charge < -0.3 is 9.47 Å². The zero-order chi connectivity index (χ0) is 12.0. The summed E-state index contributed by atoms with van der Waals surface area (Å²) < 4.78 is 22.2. The van der Waals surface area contributed by atoms with E-state index in [9.17, 15) is 9.18 Å². The number of benzene rings is 1. The van der Waals surface area contributed by atoms with Crippen LogP contribution in [0, 0.1) is 0 Å². The van der Waals surface area contributed by atoms with Crippen molar-refractivity contribution in [3.8, 4) is 5.75 Å². The van der Waals surface area contributed by atoms with E-state index in [1.807, 2.05) is 6.07 Å². The molecule has 0 aliphatic carbocycles. The number of para-hydroxylation sites is 1. The molecule has 0 aliphatic rings. The molecule has 1 aromatic rings. The molecule has 0 amide bonds. The molecule has 0 atom stereocenters. The molecule has 0 spiro atoms. The van der Waals surface area contributed by atoms with E-state index in [1.54, 1.807) is 12.1 Å². The van der Waals surface area contributed by atoms with Gasteiger partial charge >= 0.3 is 5.97 Å². The van der Waals surface area contributed by atoms with Crippen LogP contribution < -0.4 is 4.74 Å². The lowest BCUT2D eigenvalue weighted by Crippen LogP contribution is -2.04. The van der Waals surface area contributed by atoms with Crippen LogP contribution in [-0.2, 0) is 16.0 Å². The standard InChI is InChI=1S/C11H12BrFO3/c1-15-10(14)6-5-8-3-2-4-9(12)11(8)16-7-13/h2-4H,5-7H2,1H3. The molecule has 0 heterocycles. The second kappa shape index (κ2) is 6.48. The van der Waals surface area contributed by atoms with Gasteiger partial charge in [0.25, 0.3) is 0 Å². The molecule has 3 nitrogen and oxygen atoms in total. The molecule has 0 aromatic heterocycles. The Labute approximate surface area is 102 Å². The lowest BCUT2D eigenvalue weighted by atomic mass is 10.1. The van der Waals surface area contributed by atoms with Crippen LogP contribution in [0.4, 0.5) is 4.39 Å². The van der Waals surface area contributed by atoms with E-state index in [0.717, 1.165) is 5.56 Å². The highest BCUT2D eigenvalue weighted by atomic mass is 79.9. The van der Waals surface area contributed by atoms with Crippen LogP contribution in [0.15, 0.2) is 22.7 Å². The topological polar surface area (TPSA) is 35.5 Å². The summed E-state index contributed by atoms with van der Waals surface area (Å²) in [6.45, 7) is -0.895. The molecule has 0 bridgehead atoms. The molecule has 16 heavy (non-hydrogen) atoms. The van der Waals surface area contributed by atoms with Gasteiger partial charge in [-0.25, -0.2) is 4.39 Å². The van der Waals surface area contributed by atoms with Crippen LogP contribution >= 0.6 is 15.9 Å². The fraction of sp³-hybridized carbons (Fsp3) is 0.364. The van der Waals surface area contributed by atoms with Crippen molar-refractivity contribution in [2.75, 3.05) is 14.0 Å². The Balaban J connectivity index is 2.78. The van der Waals surface area contributed by atoms with Gasteiger partial charge in [-0.05, 0) is 34.0 Å². The molecule has 5 heteroatoms. The van der Waals surface area contributed by atoms with Crippen molar-refractivity contribution in [3.05, 3.63) is 28.2 Å². The Kier molecular flexibility index (Phi) is 5.25. The van der Waals surface area contributed by atoms with Gasteiger partial charge in [-0.1, -0.05) is 12.1 Å². The summed E-state index contributed by atoms with van der Waals surface area (Å²) in [5, 5.41) is 0. The Morgan fingerprint density at radius 3 is 2.88 bits per heavy atom. The number of carbonyl (C=O) groups is 1. The largest absolute Gasteiger partial charge is 0.469 e. The molecule has 0 unspecified atom stereocenters. The van der Waals surface area contributed by atoms with Gasteiger partial charge in [0.05, 0.1) is 11.6 Å². The number of aryl methyl sites for hydroxylation is 1. The van der Waals surface area contributed by atoms with E-state index in [1.165, 1.54) is 7.11 Å². The lowest BCUT2D eigenvalue weighted by molar-refractivity contribution is -0.140. The summed E-state index contributed by atoms with van der Waals surface area (Å²) in [6, 6.07) is 5.35. The smallest absolute Gasteiger partial charge is 0.305 e. The van der Waals surface area contributed by atoms with Crippen molar-refractivity contribution in [2.24, 2.45) is 0 Å². The maximum atomic E-state index is 12.2. The summed E-state index contributed by atoms with van der Waals surface area (Å²) in [4.78, 5) is 11.0. The number of alkyl halides is 1. The average molecular weight is 291 g/mol. The van der Waals surface area contributed by atoms with Crippen molar-refractivity contribution in [1.29, 1.82) is 0 Å². The van der Waals surface area contributed by atoms with Gasteiger partial charge in [0, 0.05) is 6.42 Å². The Bertz CT molecular complexity index is 368. The molecule has 1 rings (SSSR count). The van der Waals surface area contributed by atoms with E-state index in [-0.39, 0.29) is 12.4 Å². The lowest BCUT2D eigenvalue weighted by Gasteiger charge is -2.10. The number of hydrogen-bond donors (Lipinski definition) is 0. The number of esters is 1. The van der Waals surface area contributed by atoms with Crippen LogP contribution in [0.1, 0.15) is 12.0 Å². The average Bonchev–Trinajstić information content (AvgIpc) is 2.29. The molecule has 0 N–H and O–H groups in total. The zero-order valence-corrected chi connectivity index (χ0v) is 10.4. The SMILES string of the molecule is COC(=O)CCc1cccc(Br)c1OCF. The van der Waals surface area contributed by atoms with Gasteiger partial charge in [0.1, 0.15) is 5.75 Å². The zero-order valence-electron chi connectivity index (χ0n) is 8.83. The predicted molar refractivity (Wildman–Crippen MR) is 61.1 cm³/mol. The van der Waals surface area contributed by atoms with Gasteiger partial charge in [-0.15, -0.1) is 0 Å². The van der Waals surface area contributed by atoms with Gasteiger partial charge in [-0.2, -0.15) is 0 Å². The number of halogens is 2. The van der Waals surface area contributed by atoms with E-state index in [4.69, 9.17) is 4.74 Å². The van der Waals surface area contributed by atoms with E-state index in [0.29, 0.717) is 16.6 Å². The minimum Gasteiger partial charge on any atom is -0.469 e. The van der Waals surface area contributed by atoms with Crippen molar-refractivity contribution >= 4 is 21.9 Å². The normalized spacial score (nSPS) is 9.94. The van der Waals surface area contributed by atoms with Crippen LogP contribution in [0.25, 0.3) is 0 Å². The fourth-order valence-electron chi connectivity index (χ4n) is 1.31. The Hall–Kier alpha value is -1.10. The second-order valence-electron chi connectivity index (χ2n) is 3.06. The van der Waals surface area contributed by atoms with E-state index >= 15 is 0 Å². The highest BCUT2D eigenvalue weighted by Crippen LogP contribution is 2.30. The van der Waals surface area contributed by atoms with Crippen LogP contribution in [-0.4, -0.2) is 19.9 Å². The van der Waals surface area contributed by atoms with E-state index in [2.05, 4.69) is 20.7 Å². The van der Waals surface area contributed by atoms with Crippen molar-refractivity contribution in [2.45, 2.75) is 12.8 Å². The maximum absolute atomic E-state index is 12.2. The number of methoxy groups -OCH3 is 1. The molecule has 88 valence electrons. The number of hydrogen-bond acceptors (Lipinski definition) is 3. The van der Waals surface area contributed by atoms with Crippen LogP contribution in [0.5, 0.6) is 5.75 Å². The molecule has 0 aliphatic heterocycles. The Morgan fingerprint density at radius 1 is 1.50 bits per heavy atom. The van der Waals surface area contributed by atoms with Crippen molar-refractivity contribution < 1.29 is 18.7 Å². The summed E-state index contributed by atoms with van der Waals surface area (Å²) >= 11 is 3.26. The van der Waals surface area contributed by atoms with Crippen molar-refractivity contribution in [3.63, 3.8) is 0 Å². The van der Waals surface area contributed by atoms with Gasteiger partial charge in [0.2, 0.25) is 6.86 Å². The maximum Gasteiger partial charge on any atom is 0.305 e. The molecule has 0 saturated heterocycles. The van der Waals surface area contributed by atoms with Gasteiger partial charge in [-0.3, -0.25) is 4.79 Å². The molecule has 0 radical (unpaired) electrons. The van der Waals surface area contributed by atoms with Gasteiger partial charge in [0.15, 0.2) is 0 Å². The minimum absolute atomic E-state index is 0.246. The molecule has 0 fully saturated rings. The fourth-order valence-corrected chi connectivity index (χ4v) is 1.83.